The molecule has 0 saturated heterocycles. The van der Waals surface area contributed by atoms with E-state index < -0.39 is 0 Å². The van der Waals surface area contributed by atoms with Crippen molar-refractivity contribution in [1.29, 1.82) is 0 Å². The fourth-order valence-corrected chi connectivity index (χ4v) is 2.15. The van der Waals surface area contributed by atoms with Gasteiger partial charge in [-0.2, -0.15) is 0 Å². The van der Waals surface area contributed by atoms with Crippen LogP contribution in [0.25, 0.3) is 0 Å². The van der Waals surface area contributed by atoms with Gasteiger partial charge in [-0.3, -0.25) is 0 Å². The summed E-state index contributed by atoms with van der Waals surface area (Å²) in [7, 11) is 1.68. The van der Waals surface area contributed by atoms with Crippen molar-refractivity contribution >= 4 is 21.6 Å². The Bertz CT molecular complexity index is 507. The fraction of sp³-hybridized carbons (Fsp3) is 0.250. The Kier molecular flexibility index (Phi) is 4.86. The molecule has 2 aromatic carbocycles. The van der Waals surface area contributed by atoms with Gasteiger partial charge < -0.3 is 10.1 Å². The van der Waals surface area contributed by atoms with Crippen molar-refractivity contribution in [3.8, 4) is 5.75 Å². The van der Waals surface area contributed by atoms with Gasteiger partial charge in [-0.1, -0.05) is 35.0 Å². The van der Waals surface area contributed by atoms with Crippen LogP contribution in [0, 0.1) is 0 Å². The molecule has 0 spiro atoms. The number of hydrogen-bond acceptors (Lipinski definition) is 2. The maximum absolute atomic E-state index is 5.14. The monoisotopic (exact) mass is 319 g/mol. The standard InChI is InChI=1S/C16H18BrNO/c1-12(13-3-5-14(17)6-4-13)11-18-15-7-9-16(19-2)10-8-15/h3-10,12,18H,11H2,1-2H3/t12-/m1/s1. The number of methoxy groups -OCH3 is 1. The van der Waals surface area contributed by atoms with Gasteiger partial charge in [0.05, 0.1) is 7.11 Å². The van der Waals surface area contributed by atoms with Crippen LogP contribution in [-0.2, 0) is 0 Å². The Labute approximate surface area is 122 Å². The van der Waals surface area contributed by atoms with Crippen LogP contribution in [0.3, 0.4) is 0 Å². The molecule has 3 heteroatoms. The van der Waals surface area contributed by atoms with Crippen LogP contribution in [0.15, 0.2) is 53.0 Å². The predicted octanol–water partition coefficient (Wildman–Crippen LogP) is 4.67. The first kappa shape index (κ1) is 13.9. The van der Waals surface area contributed by atoms with E-state index in [0.29, 0.717) is 5.92 Å². The van der Waals surface area contributed by atoms with E-state index in [-0.39, 0.29) is 0 Å². The summed E-state index contributed by atoms with van der Waals surface area (Å²) in [6, 6.07) is 16.5. The number of nitrogens with one attached hydrogen (secondary N) is 1. The lowest BCUT2D eigenvalue weighted by molar-refractivity contribution is 0.415. The van der Waals surface area contributed by atoms with Gasteiger partial charge >= 0.3 is 0 Å². The number of hydrogen-bond donors (Lipinski definition) is 1. The van der Waals surface area contributed by atoms with Gasteiger partial charge in [0, 0.05) is 16.7 Å². The highest BCUT2D eigenvalue weighted by Crippen LogP contribution is 2.20. The first-order valence-electron chi connectivity index (χ1n) is 6.32. The summed E-state index contributed by atoms with van der Waals surface area (Å²) < 4.78 is 6.26. The Morgan fingerprint density at radius 2 is 1.68 bits per heavy atom. The second-order valence-electron chi connectivity index (χ2n) is 4.56. The molecule has 19 heavy (non-hydrogen) atoms. The summed E-state index contributed by atoms with van der Waals surface area (Å²) in [5.41, 5.74) is 2.45. The molecule has 0 heterocycles. The van der Waals surface area contributed by atoms with Gasteiger partial charge in [0.25, 0.3) is 0 Å². The molecule has 0 radical (unpaired) electrons. The third-order valence-electron chi connectivity index (χ3n) is 3.14. The Morgan fingerprint density at radius 3 is 2.26 bits per heavy atom. The highest BCUT2D eigenvalue weighted by molar-refractivity contribution is 9.10. The van der Waals surface area contributed by atoms with Crippen LogP contribution < -0.4 is 10.1 Å². The highest BCUT2D eigenvalue weighted by atomic mass is 79.9. The van der Waals surface area contributed by atoms with Crippen molar-refractivity contribution in [2.75, 3.05) is 19.0 Å². The van der Waals surface area contributed by atoms with Crippen LogP contribution >= 0.6 is 15.9 Å². The van der Waals surface area contributed by atoms with Crippen LogP contribution in [0.1, 0.15) is 18.4 Å². The lowest BCUT2D eigenvalue weighted by Gasteiger charge is -2.14. The largest absolute Gasteiger partial charge is 0.497 e. The molecular weight excluding hydrogens is 302 g/mol. The molecule has 0 aliphatic rings. The third-order valence-corrected chi connectivity index (χ3v) is 3.67. The molecule has 0 saturated carbocycles. The van der Waals surface area contributed by atoms with E-state index in [2.05, 4.69) is 52.4 Å². The summed E-state index contributed by atoms with van der Waals surface area (Å²) in [6.45, 7) is 3.13. The van der Waals surface area contributed by atoms with E-state index in [1.807, 2.05) is 24.3 Å². The molecule has 2 aromatic rings. The lowest BCUT2D eigenvalue weighted by Crippen LogP contribution is -2.09. The number of ether oxygens (including phenoxy) is 1. The average molecular weight is 320 g/mol. The minimum atomic E-state index is 0.468. The first-order valence-corrected chi connectivity index (χ1v) is 7.11. The Balaban J connectivity index is 1.92. The molecule has 0 unspecified atom stereocenters. The van der Waals surface area contributed by atoms with Crippen LogP contribution in [0.2, 0.25) is 0 Å². The maximum atomic E-state index is 5.14. The van der Waals surface area contributed by atoms with Crippen molar-refractivity contribution in [2.24, 2.45) is 0 Å². The summed E-state index contributed by atoms with van der Waals surface area (Å²) in [5, 5.41) is 3.44. The van der Waals surface area contributed by atoms with E-state index >= 15 is 0 Å². The second-order valence-corrected chi connectivity index (χ2v) is 5.48. The predicted molar refractivity (Wildman–Crippen MR) is 84.0 cm³/mol. The topological polar surface area (TPSA) is 21.3 Å². The molecule has 1 atom stereocenters. The normalized spacial score (nSPS) is 11.9. The van der Waals surface area contributed by atoms with Gasteiger partial charge in [-0.15, -0.1) is 0 Å². The van der Waals surface area contributed by atoms with Crippen molar-refractivity contribution in [3.63, 3.8) is 0 Å². The molecule has 0 aliphatic carbocycles. The molecule has 0 bridgehead atoms. The minimum absolute atomic E-state index is 0.468. The number of benzene rings is 2. The van der Waals surface area contributed by atoms with Gasteiger partial charge in [0.2, 0.25) is 0 Å². The van der Waals surface area contributed by atoms with Crippen molar-refractivity contribution in [2.45, 2.75) is 12.8 Å². The number of rotatable bonds is 5. The average Bonchev–Trinajstić information content (AvgIpc) is 2.46. The summed E-state index contributed by atoms with van der Waals surface area (Å²) >= 11 is 3.46. The van der Waals surface area contributed by atoms with Crippen LogP contribution in [-0.4, -0.2) is 13.7 Å². The van der Waals surface area contributed by atoms with Gasteiger partial charge in [0.1, 0.15) is 5.75 Å². The van der Waals surface area contributed by atoms with Gasteiger partial charge in [-0.25, -0.2) is 0 Å². The number of anilines is 1. The van der Waals surface area contributed by atoms with Crippen molar-refractivity contribution < 1.29 is 4.74 Å². The zero-order chi connectivity index (χ0) is 13.7. The Morgan fingerprint density at radius 1 is 1.05 bits per heavy atom. The zero-order valence-electron chi connectivity index (χ0n) is 11.2. The van der Waals surface area contributed by atoms with Crippen molar-refractivity contribution in [3.05, 3.63) is 58.6 Å². The van der Waals surface area contributed by atoms with Crippen LogP contribution in [0.5, 0.6) is 5.75 Å². The number of halogens is 1. The highest BCUT2D eigenvalue weighted by Gasteiger charge is 2.05. The molecule has 0 aromatic heterocycles. The smallest absolute Gasteiger partial charge is 0.119 e. The summed E-state index contributed by atoms with van der Waals surface area (Å²) in [6.07, 6.45) is 0. The molecule has 0 fully saturated rings. The molecule has 1 N–H and O–H groups in total. The van der Waals surface area contributed by atoms with E-state index in [1.54, 1.807) is 7.11 Å². The molecule has 100 valence electrons. The SMILES string of the molecule is COc1ccc(NC[C@@H](C)c2ccc(Br)cc2)cc1. The summed E-state index contributed by atoms with van der Waals surface area (Å²) in [5.74, 6) is 1.35. The maximum Gasteiger partial charge on any atom is 0.119 e. The van der Waals surface area contributed by atoms with Gasteiger partial charge in [0.15, 0.2) is 0 Å². The van der Waals surface area contributed by atoms with E-state index in [1.165, 1.54) is 5.56 Å². The molecule has 2 nitrogen and oxygen atoms in total. The van der Waals surface area contributed by atoms with Crippen LogP contribution in [0.4, 0.5) is 5.69 Å². The quantitative estimate of drug-likeness (QED) is 0.864. The molecule has 0 aliphatic heterocycles. The second kappa shape index (κ2) is 6.62. The van der Waals surface area contributed by atoms with Gasteiger partial charge in [-0.05, 0) is 47.9 Å². The van der Waals surface area contributed by atoms with Crippen molar-refractivity contribution in [1.82, 2.24) is 0 Å². The van der Waals surface area contributed by atoms with E-state index in [0.717, 1.165) is 22.5 Å². The minimum Gasteiger partial charge on any atom is -0.497 e. The molecule has 0 amide bonds. The fourth-order valence-electron chi connectivity index (χ4n) is 1.89. The lowest BCUT2D eigenvalue weighted by atomic mass is 10.0. The molecule has 2 rings (SSSR count). The van der Waals surface area contributed by atoms with E-state index in [9.17, 15) is 0 Å². The zero-order valence-corrected chi connectivity index (χ0v) is 12.8. The molecular formula is C16H18BrNO. The van der Waals surface area contributed by atoms with E-state index in [4.69, 9.17) is 4.74 Å². The summed E-state index contributed by atoms with van der Waals surface area (Å²) in [4.78, 5) is 0. The third kappa shape index (κ3) is 4.00. The Hall–Kier alpha value is -1.48. The first-order chi connectivity index (χ1) is 9.19.